The third-order valence-corrected chi connectivity index (χ3v) is 6.68. The molecule has 1 aromatic carbocycles. The molecular weight excluding hydrogens is 555 g/mol. The maximum Gasteiger partial charge on any atom is 0.352 e. The summed E-state index contributed by atoms with van der Waals surface area (Å²) in [7, 11) is 1.89. The van der Waals surface area contributed by atoms with Gasteiger partial charge in [-0.1, -0.05) is 0 Å². The van der Waals surface area contributed by atoms with E-state index in [1.165, 1.54) is 18.3 Å². The van der Waals surface area contributed by atoms with Gasteiger partial charge < -0.3 is 9.30 Å². The summed E-state index contributed by atoms with van der Waals surface area (Å²) >= 11 is 0. The predicted molar refractivity (Wildman–Crippen MR) is 154 cm³/mol. The number of carbonyl (C=O) groups is 1. The number of pyridine rings is 2. The Bertz CT molecular complexity index is 2090. The molecule has 0 amide bonds. The number of benzene rings is 1. The van der Waals surface area contributed by atoms with E-state index in [9.17, 15) is 18.8 Å². The highest BCUT2D eigenvalue weighted by atomic mass is 19.1. The molecule has 0 aliphatic carbocycles. The summed E-state index contributed by atoms with van der Waals surface area (Å²) in [5, 5.41) is 8.41. The van der Waals surface area contributed by atoms with Crippen molar-refractivity contribution in [3.63, 3.8) is 0 Å². The van der Waals surface area contributed by atoms with Crippen LogP contribution in [0.4, 0.5) is 4.39 Å². The van der Waals surface area contributed by atoms with Crippen LogP contribution in [0.1, 0.15) is 36.1 Å². The zero-order valence-corrected chi connectivity index (χ0v) is 23.4. The van der Waals surface area contributed by atoms with Gasteiger partial charge in [0.2, 0.25) is 0 Å². The van der Waals surface area contributed by atoms with Crippen molar-refractivity contribution in [2.24, 2.45) is 7.05 Å². The maximum atomic E-state index is 13.5. The molecule has 216 valence electrons. The van der Waals surface area contributed by atoms with E-state index in [1.54, 1.807) is 43.0 Å². The highest BCUT2D eigenvalue weighted by Crippen LogP contribution is 2.30. The number of hydrogen-bond acceptors (Lipinski definition) is 8. The first-order chi connectivity index (χ1) is 20.7. The highest BCUT2D eigenvalue weighted by Gasteiger charge is 2.22. The smallest absolute Gasteiger partial charge is 0.352 e. The minimum absolute atomic E-state index is 0.126. The van der Waals surface area contributed by atoms with Crippen LogP contribution in [0.2, 0.25) is 0 Å². The van der Waals surface area contributed by atoms with Crippen molar-refractivity contribution in [1.29, 1.82) is 0 Å². The van der Waals surface area contributed by atoms with E-state index in [0.29, 0.717) is 17.2 Å². The summed E-state index contributed by atoms with van der Waals surface area (Å²) in [5.41, 5.74) is 0.749. The summed E-state index contributed by atoms with van der Waals surface area (Å²) in [5.74, 6) is -0.198. The Morgan fingerprint density at radius 3 is 2.49 bits per heavy atom. The lowest BCUT2D eigenvalue weighted by atomic mass is 10.1. The van der Waals surface area contributed by atoms with Gasteiger partial charge in [0, 0.05) is 30.7 Å². The van der Waals surface area contributed by atoms with Crippen molar-refractivity contribution >= 4 is 11.3 Å². The second kappa shape index (κ2) is 10.9. The van der Waals surface area contributed by atoms with Gasteiger partial charge in [-0.3, -0.25) is 14.6 Å². The number of aryl methyl sites for hydroxylation is 1. The van der Waals surface area contributed by atoms with Crippen LogP contribution in [0.5, 0.6) is 11.5 Å². The molecule has 43 heavy (non-hydrogen) atoms. The Labute approximate surface area is 243 Å². The summed E-state index contributed by atoms with van der Waals surface area (Å²) in [6.07, 6.45) is 8.35. The van der Waals surface area contributed by atoms with E-state index in [4.69, 9.17) is 4.74 Å². The van der Waals surface area contributed by atoms with Crippen LogP contribution < -0.4 is 16.0 Å². The first kappa shape index (κ1) is 27.4. The molecule has 0 aliphatic heterocycles. The molecule has 0 unspecified atom stereocenters. The van der Waals surface area contributed by atoms with Crippen LogP contribution in [-0.2, 0) is 13.5 Å². The Morgan fingerprint density at radius 1 is 1.02 bits per heavy atom. The number of rotatable bonds is 8. The number of imidazole rings is 1. The van der Waals surface area contributed by atoms with Gasteiger partial charge in [-0.05, 0) is 62.4 Å². The van der Waals surface area contributed by atoms with Crippen molar-refractivity contribution in [2.75, 3.05) is 0 Å². The van der Waals surface area contributed by atoms with E-state index in [-0.39, 0.29) is 12.1 Å². The fraction of sp³-hybridized carbons (Fsp3) is 0.167. The third-order valence-electron chi connectivity index (χ3n) is 6.68. The SMILES string of the molecule is CC(C)n1nc(C(=O)Cc2ccc(Oc3cc(-c4cn(C)cn4)cn4nccc34)cn2)c(=O)n(-c2ccc(F)cc2)c1=O. The van der Waals surface area contributed by atoms with Crippen LogP contribution in [0.3, 0.4) is 0 Å². The van der Waals surface area contributed by atoms with Gasteiger partial charge >= 0.3 is 5.69 Å². The molecule has 6 rings (SSSR count). The molecular formula is C30H25FN8O4. The minimum atomic E-state index is -0.893. The summed E-state index contributed by atoms with van der Waals surface area (Å²) < 4.78 is 25.0. The molecule has 0 bridgehead atoms. The van der Waals surface area contributed by atoms with Crippen LogP contribution in [0.25, 0.3) is 22.5 Å². The van der Waals surface area contributed by atoms with Crippen molar-refractivity contribution in [3.8, 4) is 28.4 Å². The topological polar surface area (TPSA) is 131 Å². The lowest BCUT2D eigenvalue weighted by molar-refractivity contribution is 0.0981. The molecule has 0 aliphatic rings. The summed E-state index contributed by atoms with van der Waals surface area (Å²) in [6.45, 7) is 3.40. The molecule has 0 spiro atoms. The Kier molecular flexibility index (Phi) is 6.98. The molecule has 13 heteroatoms. The number of halogens is 1. The van der Waals surface area contributed by atoms with Gasteiger partial charge in [0.25, 0.3) is 5.56 Å². The number of Topliss-reactive ketones (excluding diaryl/α,β-unsaturated/α-hetero) is 1. The average Bonchev–Trinajstić information content (AvgIpc) is 3.64. The fourth-order valence-electron chi connectivity index (χ4n) is 4.55. The highest BCUT2D eigenvalue weighted by molar-refractivity contribution is 5.95. The average molecular weight is 581 g/mol. The number of aromatic nitrogens is 8. The van der Waals surface area contributed by atoms with E-state index in [2.05, 4.69) is 20.2 Å². The molecule has 0 saturated heterocycles. The second-order valence-corrected chi connectivity index (χ2v) is 10.2. The van der Waals surface area contributed by atoms with Crippen molar-refractivity contribution in [2.45, 2.75) is 26.3 Å². The lowest BCUT2D eigenvalue weighted by Gasteiger charge is -2.14. The number of ether oxygens (including phenoxy) is 1. The van der Waals surface area contributed by atoms with Gasteiger partial charge in [-0.25, -0.2) is 27.9 Å². The quantitative estimate of drug-likeness (QED) is 0.249. The zero-order valence-electron chi connectivity index (χ0n) is 23.4. The van der Waals surface area contributed by atoms with Crippen LogP contribution in [-0.4, -0.2) is 44.3 Å². The monoisotopic (exact) mass is 580 g/mol. The van der Waals surface area contributed by atoms with Crippen LogP contribution in [0.15, 0.2) is 89.2 Å². The van der Waals surface area contributed by atoms with Gasteiger partial charge in [0.1, 0.15) is 17.1 Å². The maximum absolute atomic E-state index is 13.5. The molecule has 0 fully saturated rings. The van der Waals surface area contributed by atoms with E-state index in [1.807, 2.05) is 36.1 Å². The largest absolute Gasteiger partial charge is 0.453 e. The predicted octanol–water partition coefficient (Wildman–Crippen LogP) is 3.78. The minimum Gasteiger partial charge on any atom is -0.453 e. The van der Waals surface area contributed by atoms with Crippen molar-refractivity contribution < 1.29 is 13.9 Å². The lowest BCUT2D eigenvalue weighted by Crippen LogP contribution is -2.44. The van der Waals surface area contributed by atoms with Crippen molar-refractivity contribution in [3.05, 3.63) is 118 Å². The molecule has 0 saturated carbocycles. The molecule has 5 aromatic heterocycles. The molecule has 12 nitrogen and oxygen atoms in total. The summed E-state index contributed by atoms with van der Waals surface area (Å²) in [6, 6.07) is 11.3. The normalized spacial score (nSPS) is 11.4. The second-order valence-electron chi connectivity index (χ2n) is 10.2. The van der Waals surface area contributed by atoms with Gasteiger partial charge in [-0.15, -0.1) is 0 Å². The zero-order chi connectivity index (χ0) is 30.2. The number of fused-ring (bicyclic) bond motifs is 1. The number of carbonyl (C=O) groups excluding carboxylic acids is 1. The van der Waals surface area contributed by atoms with Gasteiger partial charge in [0.05, 0.1) is 42.6 Å². The number of hydrogen-bond donors (Lipinski definition) is 0. The van der Waals surface area contributed by atoms with E-state index >= 15 is 0 Å². The third kappa shape index (κ3) is 5.35. The van der Waals surface area contributed by atoms with Crippen molar-refractivity contribution in [1.82, 2.24) is 38.5 Å². The van der Waals surface area contributed by atoms with Crippen LogP contribution in [0, 0.1) is 5.82 Å². The summed E-state index contributed by atoms with van der Waals surface area (Å²) in [4.78, 5) is 48.3. The van der Waals surface area contributed by atoms with Gasteiger partial charge in [0.15, 0.2) is 17.2 Å². The molecule has 0 atom stereocenters. The molecule has 0 radical (unpaired) electrons. The Hall–Kier alpha value is -5.72. The molecule has 6 aromatic rings. The Balaban J connectivity index is 1.27. The molecule has 0 N–H and O–H groups in total. The number of nitrogens with zero attached hydrogens (tertiary/aromatic N) is 8. The van der Waals surface area contributed by atoms with Crippen LogP contribution >= 0.6 is 0 Å². The first-order valence-electron chi connectivity index (χ1n) is 13.3. The van der Waals surface area contributed by atoms with Gasteiger partial charge in [-0.2, -0.15) is 10.2 Å². The standard InChI is InChI=1S/C30H25FN8O4/c1-18(2)39-30(42)38(22-7-4-20(31)5-8-22)29(41)28(35-39)26(40)13-21-6-9-23(14-32-21)43-27-12-19(24-16-36(3)17-33-24)15-37-25(27)10-11-34-37/h4-12,14-18H,13H2,1-3H3. The molecule has 5 heterocycles. The first-order valence-corrected chi connectivity index (χ1v) is 13.3. The number of ketones is 1. The van der Waals surface area contributed by atoms with E-state index in [0.717, 1.165) is 38.2 Å². The fourth-order valence-corrected chi connectivity index (χ4v) is 4.55. The van der Waals surface area contributed by atoms with E-state index < -0.39 is 34.6 Å². The Morgan fingerprint density at radius 2 is 1.81 bits per heavy atom.